The third-order valence-corrected chi connectivity index (χ3v) is 10.7. The fraction of sp³-hybridized carbons (Fsp3) is 0.244. The van der Waals surface area contributed by atoms with E-state index in [9.17, 15) is 0 Å². The summed E-state index contributed by atoms with van der Waals surface area (Å²) in [7, 11) is 8.09. The Balaban J connectivity index is 1.03. The van der Waals surface area contributed by atoms with E-state index in [1.54, 1.807) is 6.08 Å². The molecule has 0 saturated heterocycles. The average molecular weight is 716 g/mol. The molecule has 262 valence electrons. The van der Waals surface area contributed by atoms with Gasteiger partial charge in [-0.05, 0) is 80.6 Å². The van der Waals surface area contributed by atoms with Gasteiger partial charge in [-0.1, -0.05) is 64.6 Å². The Hall–Kier alpha value is -4.93. The number of pyridine rings is 1. The predicted molar refractivity (Wildman–Crippen MR) is 222 cm³/mol. The smallest absolute Gasteiger partial charge is 0.214 e. The summed E-state index contributed by atoms with van der Waals surface area (Å²) in [5, 5.41) is 22.7. The van der Waals surface area contributed by atoms with Crippen LogP contribution in [0.15, 0.2) is 149 Å². The van der Waals surface area contributed by atoms with Gasteiger partial charge in [0, 0.05) is 80.0 Å². The molecule has 1 N–H and O–H groups in total. The van der Waals surface area contributed by atoms with Crippen LogP contribution in [0.1, 0.15) is 19.4 Å². The van der Waals surface area contributed by atoms with Gasteiger partial charge in [-0.25, -0.2) is 0 Å². The number of hydrogen-bond donors (Lipinski definition) is 1. The van der Waals surface area contributed by atoms with E-state index in [0.717, 1.165) is 88.3 Å². The lowest BCUT2D eigenvalue weighted by molar-refractivity contribution is -0.667. The molecule has 4 aromatic carbocycles. The fourth-order valence-corrected chi connectivity index (χ4v) is 7.56. The third kappa shape index (κ3) is 10.5. The number of hydrogen-bond acceptors (Lipinski definition) is 9. The van der Waals surface area contributed by atoms with E-state index in [-0.39, 0.29) is 0 Å². The normalized spacial score (nSPS) is 11.8. The Kier molecular flexibility index (Phi) is 14.2. The van der Waals surface area contributed by atoms with Crippen molar-refractivity contribution in [3.8, 4) is 0 Å². The quantitative estimate of drug-likeness (QED) is 0.0321. The Bertz CT molecular complexity index is 1960. The van der Waals surface area contributed by atoms with Gasteiger partial charge in [0.1, 0.15) is 12.2 Å². The zero-order valence-corrected chi connectivity index (χ0v) is 31.6. The van der Waals surface area contributed by atoms with Crippen LogP contribution in [-0.4, -0.2) is 45.2 Å². The lowest BCUT2D eigenvalue weighted by Crippen LogP contribution is -2.32. The first-order valence-corrected chi connectivity index (χ1v) is 19.8. The molecule has 51 heavy (non-hydrogen) atoms. The first-order valence-electron chi connectivity index (χ1n) is 17.3. The molecule has 5 rings (SSSR count). The number of nitrogens with one attached hydrogen (secondary N) is 1. The molecule has 1 aromatic heterocycles. The molecule has 0 amide bonds. The van der Waals surface area contributed by atoms with Crippen molar-refractivity contribution in [3.63, 3.8) is 0 Å². The summed E-state index contributed by atoms with van der Waals surface area (Å²) in [6.07, 6.45) is 5.70. The van der Waals surface area contributed by atoms with Gasteiger partial charge in [0.25, 0.3) is 0 Å². The van der Waals surface area contributed by atoms with Crippen molar-refractivity contribution < 1.29 is 4.57 Å². The van der Waals surface area contributed by atoms with Crippen LogP contribution in [0.2, 0.25) is 0 Å². The molecular weight excluding hydrogens is 669 g/mol. The standard InChI is InChI=1S/C41H47N8S2/c1-6-13-39(36-14-9-11-16-38(36)42-7-2)45-43-32-18-22-34(23-19-32)47(4)28-30-50-51-31-29-48(5)35-24-20-33(21-25-35)44-46-40-26-27-49(8-3)41-17-12-10-15-37(40)41/h6,9-27,42H,1,7-8,28-31H2,2-5H3/q+1. The SMILES string of the molecule is C=CC=C(N=Nc1ccc(N(C)CCSSCCN(C)c2ccc(N=Nc3cc[n+](CC)c4ccccc34)cc2)cc1)c1ccccc1NCC. The Labute approximate surface area is 310 Å². The van der Waals surface area contributed by atoms with E-state index >= 15 is 0 Å². The summed E-state index contributed by atoms with van der Waals surface area (Å²) in [5.41, 5.74) is 8.80. The van der Waals surface area contributed by atoms with E-state index in [4.69, 9.17) is 0 Å². The maximum absolute atomic E-state index is 4.58. The number of azo groups is 2. The van der Waals surface area contributed by atoms with Gasteiger partial charge in [0.15, 0.2) is 6.20 Å². The molecule has 0 bridgehead atoms. The number of anilines is 3. The Morgan fingerprint density at radius 2 is 1.35 bits per heavy atom. The van der Waals surface area contributed by atoms with Crippen molar-refractivity contribution in [1.82, 2.24) is 0 Å². The minimum atomic E-state index is 0.766. The average Bonchev–Trinajstić information content (AvgIpc) is 3.17. The minimum absolute atomic E-state index is 0.766. The van der Waals surface area contributed by atoms with Crippen LogP contribution >= 0.6 is 21.6 Å². The lowest BCUT2D eigenvalue weighted by atomic mass is 10.1. The second-order valence-corrected chi connectivity index (χ2v) is 14.5. The maximum atomic E-state index is 4.58. The molecule has 0 aliphatic rings. The lowest BCUT2D eigenvalue weighted by Gasteiger charge is -2.20. The first kappa shape index (κ1) is 37.3. The van der Waals surface area contributed by atoms with Gasteiger partial charge in [-0.3, -0.25) is 0 Å². The summed E-state index contributed by atoms with van der Waals surface area (Å²) in [6, 6.07) is 35.0. The van der Waals surface area contributed by atoms with Crippen molar-refractivity contribution in [2.75, 3.05) is 60.4 Å². The second-order valence-electron chi connectivity index (χ2n) is 11.8. The highest BCUT2D eigenvalue weighted by atomic mass is 33.1. The first-order chi connectivity index (χ1) is 25.0. The number of para-hydroxylation sites is 2. The number of nitrogens with zero attached hydrogens (tertiary/aromatic N) is 7. The fourth-order valence-electron chi connectivity index (χ4n) is 5.47. The van der Waals surface area contributed by atoms with Gasteiger partial charge in [-0.2, -0.15) is 14.8 Å². The summed E-state index contributed by atoms with van der Waals surface area (Å²) in [4.78, 5) is 4.56. The van der Waals surface area contributed by atoms with Gasteiger partial charge < -0.3 is 15.1 Å². The van der Waals surface area contributed by atoms with Crippen LogP contribution in [0.25, 0.3) is 16.6 Å². The van der Waals surface area contributed by atoms with Crippen LogP contribution < -0.4 is 19.7 Å². The van der Waals surface area contributed by atoms with Crippen LogP contribution in [0.4, 0.5) is 34.1 Å². The van der Waals surface area contributed by atoms with Crippen molar-refractivity contribution in [1.29, 1.82) is 0 Å². The number of allylic oxidation sites excluding steroid dienone is 2. The van der Waals surface area contributed by atoms with Crippen LogP contribution in [0.3, 0.4) is 0 Å². The highest BCUT2D eigenvalue weighted by Gasteiger charge is 2.11. The highest BCUT2D eigenvalue weighted by Crippen LogP contribution is 2.29. The molecule has 8 nitrogen and oxygen atoms in total. The van der Waals surface area contributed by atoms with E-state index in [1.807, 2.05) is 82.3 Å². The predicted octanol–water partition coefficient (Wildman–Crippen LogP) is 11.3. The minimum Gasteiger partial charge on any atom is -0.385 e. The van der Waals surface area contributed by atoms with Crippen LogP contribution in [0.5, 0.6) is 0 Å². The Morgan fingerprint density at radius 1 is 0.745 bits per heavy atom. The van der Waals surface area contributed by atoms with E-state index in [2.05, 4.69) is 129 Å². The van der Waals surface area contributed by atoms with Crippen LogP contribution in [-0.2, 0) is 6.54 Å². The van der Waals surface area contributed by atoms with Gasteiger partial charge in [0.05, 0.1) is 22.5 Å². The van der Waals surface area contributed by atoms with Gasteiger partial charge in [-0.15, -0.1) is 10.2 Å². The highest BCUT2D eigenvalue weighted by molar-refractivity contribution is 8.76. The second kappa shape index (κ2) is 19.5. The van der Waals surface area contributed by atoms with E-state index in [0.29, 0.717) is 0 Å². The summed E-state index contributed by atoms with van der Waals surface area (Å²) >= 11 is 0. The maximum Gasteiger partial charge on any atom is 0.214 e. The number of aromatic nitrogens is 1. The molecule has 0 spiro atoms. The molecule has 0 saturated carbocycles. The van der Waals surface area contributed by atoms with Crippen molar-refractivity contribution in [2.24, 2.45) is 20.5 Å². The van der Waals surface area contributed by atoms with Crippen molar-refractivity contribution in [2.45, 2.75) is 20.4 Å². The summed E-state index contributed by atoms with van der Waals surface area (Å²) in [5.74, 6) is 2.06. The largest absolute Gasteiger partial charge is 0.385 e. The number of fused-ring (bicyclic) bond motifs is 1. The molecule has 0 radical (unpaired) electrons. The molecule has 1 heterocycles. The summed E-state index contributed by atoms with van der Waals surface area (Å²) in [6.45, 7) is 11.7. The number of benzene rings is 4. The van der Waals surface area contributed by atoms with E-state index < -0.39 is 0 Å². The topological polar surface area (TPSA) is 71.8 Å². The monoisotopic (exact) mass is 715 g/mol. The zero-order valence-electron chi connectivity index (χ0n) is 29.9. The molecule has 0 fully saturated rings. The summed E-state index contributed by atoms with van der Waals surface area (Å²) < 4.78 is 2.22. The van der Waals surface area contributed by atoms with Crippen molar-refractivity contribution in [3.05, 3.63) is 134 Å². The molecule has 10 heteroatoms. The molecule has 0 atom stereocenters. The Morgan fingerprint density at radius 3 is 1.98 bits per heavy atom. The van der Waals surface area contributed by atoms with Crippen LogP contribution in [0, 0.1) is 0 Å². The number of rotatable bonds is 18. The van der Waals surface area contributed by atoms with E-state index in [1.165, 1.54) is 5.69 Å². The number of aryl methyl sites for hydroxylation is 1. The molecule has 0 unspecified atom stereocenters. The molecule has 0 aliphatic heterocycles. The zero-order chi connectivity index (χ0) is 35.8. The van der Waals surface area contributed by atoms with Crippen molar-refractivity contribution >= 4 is 72.3 Å². The molecule has 0 aliphatic carbocycles. The molecular formula is C41H47N8S2+. The van der Waals surface area contributed by atoms with Gasteiger partial charge in [0.2, 0.25) is 5.52 Å². The third-order valence-electron chi connectivity index (χ3n) is 8.32. The van der Waals surface area contributed by atoms with Gasteiger partial charge >= 0.3 is 0 Å². The molecule has 5 aromatic rings.